The van der Waals surface area contributed by atoms with Crippen LogP contribution in [0.15, 0.2) is 48.5 Å². The zero-order valence-electron chi connectivity index (χ0n) is 11.7. The first kappa shape index (κ1) is 13.8. The first-order chi connectivity index (χ1) is 9.06. The fraction of sp³-hybridized carbons (Fsp3) is 0.294. The van der Waals surface area contributed by atoms with Gasteiger partial charge in [0.15, 0.2) is 0 Å². The van der Waals surface area contributed by atoms with Gasteiger partial charge in [0.1, 0.15) is 5.60 Å². The lowest BCUT2D eigenvalue weighted by molar-refractivity contribution is -0.00335. The van der Waals surface area contributed by atoms with Crippen LogP contribution in [-0.2, 0) is 10.3 Å². The van der Waals surface area contributed by atoms with E-state index < -0.39 is 5.60 Å². The van der Waals surface area contributed by atoms with E-state index >= 15 is 0 Å². The molecule has 2 heteroatoms. The molecule has 0 spiro atoms. The molecular weight excluding hydrogens is 236 g/mol. The van der Waals surface area contributed by atoms with Gasteiger partial charge in [0, 0.05) is 7.11 Å². The van der Waals surface area contributed by atoms with Gasteiger partial charge in [-0.1, -0.05) is 59.7 Å². The second-order valence-electron chi connectivity index (χ2n) is 5.03. The second kappa shape index (κ2) is 5.55. The standard InChI is InChI=1S/C17H20O2/c1-13-6-4-8-15(10-13)17(18,12-19-3)16-9-5-7-14(2)11-16/h4-11,18H,12H2,1-3H3. The van der Waals surface area contributed by atoms with E-state index in [-0.39, 0.29) is 6.61 Å². The van der Waals surface area contributed by atoms with Crippen LogP contribution in [0.4, 0.5) is 0 Å². The predicted molar refractivity (Wildman–Crippen MR) is 77.2 cm³/mol. The molecule has 0 aliphatic heterocycles. The summed E-state index contributed by atoms with van der Waals surface area (Å²) < 4.78 is 5.25. The molecule has 0 unspecified atom stereocenters. The van der Waals surface area contributed by atoms with Gasteiger partial charge in [-0.3, -0.25) is 0 Å². The quantitative estimate of drug-likeness (QED) is 0.910. The maximum absolute atomic E-state index is 11.1. The highest BCUT2D eigenvalue weighted by molar-refractivity contribution is 5.39. The van der Waals surface area contributed by atoms with Crippen LogP contribution >= 0.6 is 0 Å². The monoisotopic (exact) mass is 256 g/mol. The van der Waals surface area contributed by atoms with E-state index in [0.717, 1.165) is 22.3 Å². The molecule has 0 heterocycles. The van der Waals surface area contributed by atoms with Gasteiger partial charge in [-0.05, 0) is 25.0 Å². The van der Waals surface area contributed by atoms with Gasteiger partial charge in [0.05, 0.1) is 6.61 Å². The van der Waals surface area contributed by atoms with Gasteiger partial charge in [-0.25, -0.2) is 0 Å². The van der Waals surface area contributed by atoms with Gasteiger partial charge in [-0.2, -0.15) is 0 Å². The summed E-state index contributed by atoms with van der Waals surface area (Å²) >= 11 is 0. The summed E-state index contributed by atoms with van der Waals surface area (Å²) in [5.74, 6) is 0. The van der Waals surface area contributed by atoms with Crippen molar-refractivity contribution in [3.8, 4) is 0 Å². The van der Waals surface area contributed by atoms with Crippen molar-refractivity contribution < 1.29 is 9.84 Å². The summed E-state index contributed by atoms with van der Waals surface area (Å²) in [6.07, 6.45) is 0. The first-order valence-corrected chi connectivity index (χ1v) is 6.42. The van der Waals surface area contributed by atoms with E-state index in [1.165, 1.54) is 0 Å². The average molecular weight is 256 g/mol. The SMILES string of the molecule is COCC(O)(c1cccc(C)c1)c1cccc(C)c1. The number of aryl methyl sites for hydroxylation is 2. The number of ether oxygens (including phenoxy) is 1. The van der Waals surface area contributed by atoms with Gasteiger partial charge >= 0.3 is 0 Å². The van der Waals surface area contributed by atoms with Crippen LogP contribution in [0.2, 0.25) is 0 Å². The van der Waals surface area contributed by atoms with E-state index in [9.17, 15) is 5.11 Å². The van der Waals surface area contributed by atoms with Crippen LogP contribution in [0.3, 0.4) is 0 Å². The van der Waals surface area contributed by atoms with Crippen LogP contribution in [0.1, 0.15) is 22.3 Å². The molecule has 100 valence electrons. The van der Waals surface area contributed by atoms with Gasteiger partial charge in [0.2, 0.25) is 0 Å². The number of hydrogen-bond acceptors (Lipinski definition) is 2. The molecule has 2 aromatic carbocycles. The summed E-state index contributed by atoms with van der Waals surface area (Å²) in [6, 6.07) is 15.8. The second-order valence-corrected chi connectivity index (χ2v) is 5.03. The van der Waals surface area contributed by atoms with Gasteiger partial charge in [0.25, 0.3) is 0 Å². The number of hydrogen-bond donors (Lipinski definition) is 1. The third-order valence-corrected chi connectivity index (χ3v) is 3.34. The smallest absolute Gasteiger partial charge is 0.138 e. The Hall–Kier alpha value is -1.64. The normalized spacial score (nSPS) is 11.6. The zero-order chi connectivity index (χ0) is 13.9. The molecule has 2 aromatic rings. The van der Waals surface area contributed by atoms with Crippen LogP contribution in [0, 0.1) is 13.8 Å². The molecule has 2 nitrogen and oxygen atoms in total. The minimum atomic E-state index is -1.10. The topological polar surface area (TPSA) is 29.5 Å². The Bertz CT molecular complexity index is 515. The minimum Gasteiger partial charge on any atom is -0.381 e. The number of rotatable bonds is 4. The lowest BCUT2D eigenvalue weighted by Gasteiger charge is -2.29. The van der Waals surface area contributed by atoms with Crippen LogP contribution in [0.5, 0.6) is 0 Å². The minimum absolute atomic E-state index is 0.236. The van der Waals surface area contributed by atoms with Crippen molar-refractivity contribution in [2.75, 3.05) is 13.7 Å². The number of benzene rings is 2. The molecule has 0 amide bonds. The summed E-state index contributed by atoms with van der Waals surface area (Å²) in [7, 11) is 1.61. The molecule has 0 saturated carbocycles. The fourth-order valence-corrected chi connectivity index (χ4v) is 2.35. The van der Waals surface area contributed by atoms with Crippen molar-refractivity contribution in [1.82, 2.24) is 0 Å². The fourth-order valence-electron chi connectivity index (χ4n) is 2.35. The summed E-state index contributed by atoms with van der Waals surface area (Å²) in [4.78, 5) is 0. The molecule has 0 atom stereocenters. The molecule has 0 aliphatic rings. The van der Waals surface area contributed by atoms with Crippen molar-refractivity contribution in [2.24, 2.45) is 0 Å². The Balaban J connectivity index is 2.54. The lowest BCUT2D eigenvalue weighted by Crippen LogP contribution is -2.32. The molecule has 19 heavy (non-hydrogen) atoms. The molecule has 0 aromatic heterocycles. The predicted octanol–water partition coefficient (Wildman–Crippen LogP) is 3.19. The highest BCUT2D eigenvalue weighted by Gasteiger charge is 2.31. The molecule has 0 radical (unpaired) electrons. The molecule has 0 bridgehead atoms. The summed E-state index contributed by atoms with van der Waals surface area (Å²) in [6.45, 7) is 4.28. The Labute approximate surface area is 114 Å². The van der Waals surface area contributed by atoms with Crippen LogP contribution < -0.4 is 0 Å². The average Bonchev–Trinajstić information content (AvgIpc) is 2.39. The van der Waals surface area contributed by atoms with E-state index in [4.69, 9.17) is 4.74 Å². The van der Waals surface area contributed by atoms with Crippen LogP contribution in [0.25, 0.3) is 0 Å². The van der Waals surface area contributed by atoms with Gasteiger partial charge in [-0.15, -0.1) is 0 Å². The molecule has 0 aliphatic carbocycles. The molecule has 0 fully saturated rings. The first-order valence-electron chi connectivity index (χ1n) is 6.42. The van der Waals surface area contributed by atoms with E-state index in [1.807, 2.05) is 62.4 Å². The largest absolute Gasteiger partial charge is 0.381 e. The lowest BCUT2D eigenvalue weighted by atomic mass is 9.85. The van der Waals surface area contributed by atoms with Crippen molar-refractivity contribution in [2.45, 2.75) is 19.4 Å². The van der Waals surface area contributed by atoms with Crippen molar-refractivity contribution >= 4 is 0 Å². The van der Waals surface area contributed by atoms with E-state index in [1.54, 1.807) is 7.11 Å². The molecule has 0 saturated heterocycles. The van der Waals surface area contributed by atoms with Gasteiger partial charge < -0.3 is 9.84 Å². The molecule has 2 rings (SSSR count). The summed E-state index contributed by atoms with van der Waals surface area (Å²) in [5.41, 5.74) is 2.87. The number of methoxy groups -OCH3 is 1. The summed E-state index contributed by atoms with van der Waals surface area (Å²) in [5, 5.41) is 11.1. The van der Waals surface area contributed by atoms with E-state index in [0.29, 0.717) is 0 Å². The highest BCUT2D eigenvalue weighted by Crippen LogP contribution is 2.30. The third-order valence-electron chi connectivity index (χ3n) is 3.34. The Kier molecular flexibility index (Phi) is 4.03. The third kappa shape index (κ3) is 2.86. The highest BCUT2D eigenvalue weighted by atomic mass is 16.5. The zero-order valence-corrected chi connectivity index (χ0v) is 11.7. The Morgan fingerprint density at radius 2 is 1.42 bits per heavy atom. The van der Waals surface area contributed by atoms with E-state index in [2.05, 4.69) is 0 Å². The molecule has 1 N–H and O–H groups in total. The number of aliphatic hydroxyl groups is 1. The van der Waals surface area contributed by atoms with Crippen molar-refractivity contribution in [3.63, 3.8) is 0 Å². The van der Waals surface area contributed by atoms with Crippen molar-refractivity contribution in [1.29, 1.82) is 0 Å². The maximum atomic E-state index is 11.1. The molecular formula is C17H20O2. The van der Waals surface area contributed by atoms with Crippen molar-refractivity contribution in [3.05, 3.63) is 70.8 Å². The Morgan fingerprint density at radius 1 is 0.947 bits per heavy atom. The van der Waals surface area contributed by atoms with Crippen LogP contribution in [-0.4, -0.2) is 18.8 Å². The Morgan fingerprint density at radius 3 is 1.79 bits per heavy atom. The maximum Gasteiger partial charge on any atom is 0.138 e.